The summed E-state index contributed by atoms with van der Waals surface area (Å²) in [6.45, 7) is 2.36. The molecule has 0 aromatic heterocycles. The molecule has 0 radical (unpaired) electrons. The van der Waals surface area contributed by atoms with Gasteiger partial charge < -0.3 is 5.73 Å². The number of sulfonamides is 1. The summed E-state index contributed by atoms with van der Waals surface area (Å²) >= 11 is 5.99. The van der Waals surface area contributed by atoms with Crippen LogP contribution in [0.4, 0.5) is 13.2 Å². The van der Waals surface area contributed by atoms with E-state index >= 15 is 0 Å². The minimum Gasteiger partial charge on any atom is -0.368 e. The summed E-state index contributed by atoms with van der Waals surface area (Å²) in [4.78, 5) is 13.3. The standard InChI is InChI=1S/C20H27ClF3N3O3S/c1-3-4-17(19(25)28)26(2)16-8-5-12-10-27(11-14(12)16)31(29,30)18-9-13(20(22,23)24)6-7-15(18)21/h6-7,9,12,14,16-17H,3-5,8,10-11H2,1-2H3,(H2,25,28)/t12-,14+,16+,17+/m1/s1. The van der Waals surface area contributed by atoms with Gasteiger partial charge in [0, 0.05) is 19.1 Å². The Morgan fingerprint density at radius 2 is 2.00 bits per heavy atom. The highest BCUT2D eigenvalue weighted by Crippen LogP contribution is 2.44. The number of amides is 1. The van der Waals surface area contributed by atoms with E-state index in [0.717, 1.165) is 31.4 Å². The van der Waals surface area contributed by atoms with Crippen LogP contribution in [-0.2, 0) is 21.0 Å². The second-order valence-corrected chi connectivity index (χ2v) is 10.7. The number of alkyl halides is 3. The monoisotopic (exact) mass is 481 g/mol. The molecule has 0 spiro atoms. The van der Waals surface area contributed by atoms with Crippen molar-refractivity contribution in [2.45, 2.75) is 55.8 Å². The van der Waals surface area contributed by atoms with Gasteiger partial charge in [-0.3, -0.25) is 9.69 Å². The van der Waals surface area contributed by atoms with Crippen LogP contribution in [0.1, 0.15) is 38.2 Å². The molecule has 6 nitrogen and oxygen atoms in total. The number of hydrogen-bond acceptors (Lipinski definition) is 4. The summed E-state index contributed by atoms with van der Waals surface area (Å²) in [6.07, 6.45) is -1.68. The SMILES string of the molecule is CCC[C@@H](C(N)=O)N(C)[C@H]1CC[C@@H]2CN(S(=O)(=O)c3cc(C(F)(F)F)ccc3Cl)C[C@@H]21. The predicted octanol–water partition coefficient (Wildman–Crippen LogP) is 3.34. The summed E-state index contributed by atoms with van der Waals surface area (Å²) in [5.41, 5.74) is 4.51. The van der Waals surface area contributed by atoms with Gasteiger partial charge in [0.25, 0.3) is 0 Å². The van der Waals surface area contributed by atoms with Gasteiger partial charge >= 0.3 is 6.18 Å². The van der Waals surface area contributed by atoms with Crippen molar-refractivity contribution in [2.24, 2.45) is 17.6 Å². The highest BCUT2D eigenvalue weighted by Gasteiger charge is 2.49. The largest absolute Gasteiger partial charge is 0.416 e. The van der Waals surface area contributed by atoms with E-state index in [0.29, 0.717) is 12.5 Å². The molecule has 4 atom stereocenters. The van der Waals surface area contributed by atoms with Crippen molar-refractivity contribution in [3.8, 4) is 0 Å². The van der Waals surface area contributed by atoms with Crippen LogP contribution in [0.5, 0.6) is 0 Å². The van der Waals surface area contributed by atoms with Gasteiger partial charge in [0.2, 0.25) is 15.9 Å². The number of fused-ring (bicyclic) bond motifs is 1. The number of halogens is 4. The third kappa shape index (κ3) is 4.72. The summed E-state index contributed by atoms with van der Waals surface area (Å²) < 4.78 is 66.9. The first-order valence-corrected chi connectivity index (χ1v) is 12.1. The zero-order chi connectivity index (χ0) is 23.1. The lowest BCUT2D eigenvalue weighted by Crippen LogP contribution is -2.49. The van der Waals surface area contributed by atoms with E-state index < -0.39 is 38.6 Å². The fourth-order valence-corrected chi connectivity index (χ4v) is 7.00. The van der Waals surface area contributed by atoms with E-state index in [9.17, 15) is 26.4 Å². The van der Waals surface area contributed by atoms with E-state index in [2.05, 4.69) is 0 Å². The van der Waals surface area contributed by atoms with Crippen molar-refractivity contribution in [1.29, 1.82) is 0 Å². The number of nitrogens with zero attached hydrogens (tertiary/aromatic N) is 2. The normalized spacial score (nSPS) is 25.7. The molecule has 11 heteroatoms. The molecule has 1 aromatic carbocycles. The Morgan fingerprint density at radius 3 is 2.58 bits per heavy atom. The molecule has 0 unspecified atom stereocenters. The van der Waals surface area contributed by atoms with E-state index in [-0.39, 0.29) is 36.0 Å². The quantitative estimate of drug-likeness (QED) is 0.647. The van der Waals surface area contributed by atoms with Crippen LogP contribution < -0.4 is 5.73 Å². The first-order chi connectivity index (χ1) is 14.4. The zero-order valence-corrected chi connectivity index (χ0v) is 19.0. The average Bonchev–Trinajstić information content (AvgIpc) is 3.25. The van der Waals surface area contributed by atoms with Gasteiger partial charge in [0.05, 0.1) is 16.6 Å². The van der Waals surface area contributed by atoms with Gasteiger partial charge in [0.1, 0.15) is 4.90 Å². The van der Waals surface area contributed by atoms with Crippen LogP contribution >= 0.6 is 11.6 Å². The topological polar surface area (TPSA) is 83.7 Å². The molecule has 2 N–H and O–H groups in total. The number of hydrogen-bond donors (Lipinski definition) is 1. The molecular weight excluding hydrogens is 455 g/mol. The highest BCUT2D eigenvalue weighted by molar-refractivity contribution is 7.89. The maximum atomic E-state index is 13.2. The fourth-order valence-electron chi connectivity index (χ4n) is 4.97. The molecule has 174 valence electrons. The number of primary amides is 1. The Hall–Kier alpha value is -1.36. The minimum atomic E-state index is -4.67. The average molecular weight is 482 g/mol. The zero-order valence-electron chi connectivity index (χ0n) is 17.4. The molecular formula is C20H27ClF3N3O3S. The minimum absolute atomic E-state index is 0.0220. The maximum Gasteiger partial charge on any atom is 0.416 e. The van der Waals surface area contributed by atoms with Crippen molar-refractivity contribution in [3.63, 3.8) is 0 Å². The molecule has 0 bridgehead atoms. The van der Waals surface area contributed by atoms with E-state index in [1.54, 1.807) is 0 Å². The lowest BCUT2D eigenvalue weighted by atomic mass is 9.95. The van der Waals surface area contributed by atoms with Crippen molar-refractivity contribution < 1.29 is 26.4 Å². The Labute approximate surface area is 185 Å². The van der Waals surface area contributed by atoms with Gasteiger partial charge in [-0.1, -0.05) is 24.9 Å². The van der Waals surface area contributed by atoms with Gasteiger partial charge in [0.15, 0.2) is 0 Å². The van der Waals surface area contributed by atoms with Gasteiger partial charge in [-0.2, -0.15) is 17.5 Å². The van der Waals surface area contributed by atoms with Crippen LogP contribution in [0.15, 0.2) is 23.1 Å². The Balaban J connectivity index is 1.84. The number of carbonyl (C=O) groups excluding carboxylic acids is 1. The predicted molar refractivity (Wildman–Crippen MR) is 111 cm³/mol. The molecule has 31 heavy (non-hydrogen) atoms. The molecule has 1 aromatic rings. The molecule has 3 rings (SSSR count). The third-order valence-corrected chi connectivity index (χ3v) is 8.88. The fraction of sp³-hybridized carbons (Fsp3) is 0.650. The highest BCUT2D eigenvalue weighted by atomic mass is 35.5. The summed E-state index contributed by atoms with van der Waals surface area (Å²) in [6, 6.07) is 1.87. The van der Waals surface area contributed by atoms with Crippen LogP contribution in [0.25, 0.3) is 0 Å². The number of nitrogens with two attached hydrogens (primary N) is 1. The van der Waals surface area contributed by atoms with Crippen molar-refractivity contribution in [2.75, 3.05) is 20.1 Å². The first-order valence-electron chi connectivity index (χ1n) is 10.3. The smallest absolute Gasteiger partial charge is 0.368 e. The lowest BCUT2D eigenvalue weighted by Gasteiger charge is -2.34. The van der Waals surface area contributed by atoms with Crippen LogP contribution in [0.2, 0.25) is 5.02 Å². The number of benzene rings is 1. The van der Waals surface area contributed by atoms with Crippen molar-refractivity contribution in [3.05, 3.63) is 28.8 Å². The van der Waals surface area contributed by atoms with E-state index in [4.69, 9.17) is 17.3 Å². The lowest BCUT2D eigenvalue weighted by molar-refractivity contribution is -0.137. The summed E-state index contributed by atoms with van der Waals surface area (Å²) in [5.74, 6) is -0.365. The van der Waals surface area contributed by atoms with Crippen LogP contribution in [0.3, 0.4) is 0 Å². The Morgan fingerprint density at radius 1 is 1.32 bits per heavy atom. The molecule has 1 amide bonds. The van der Waals surface area contributed by atoms with Crippen LogP contribution in [-0.4, -0.2) is 55.8 Å². The number of rotatable bonds is 7. The maximum absolute atomic E-state index is 13.2. The molecule has 2 fully saturated rings. The molecule has 1 saturated heterocycles. The molecule has 1 saturated carbocycles. The molecule has 1 heterocycles. The summed E-state index contributed by atoms with van der Waals surface area (Å²) in [7, 11) is -2.37. The number of likely N-dealkylation sites (N-methyl/N-ethyl adjacent to an activating group) is 1. The van der Waals surface area contributed by atoms with Gasteiger partial charge in [-0.25, -0.2) is 8.42 Å². The van der Waals surface area contributed by atoms with Gasteiger partial charge in [-0.15, -0.1) is 0 Å². The summed E-state index contributed by atoms with van der Waals surface area (Å²) in [5, 5.41) is -0.240. The molecule has 2 aliphatic rings. The molecule has 1 aliphatic carbocycles. The van der Waals surface area contributed by atoms with Crippen molar-refractivity contribution >= 4 is 27.5 Å². The van der Waals surface area contributed by atoms with Crippen molar-refractivity contribution in [1.82, 2.24) is 9.21 Å². The van der Waals surface area contributed by atoms with Crippen LogP contribution in [0, 0.1) is 11.8 Å². The second kappa shape index (κ2) is 8.88. The number of carbonyl (C=O) groups is 1. The van der Waals surface area contributed by atoms with Gasteiger partial charge in [-0.05, 0) is 56.3 Å². The van der Waals surface area contributed by atoms with E-state index in [1.165, 1.54) is 4.31 Å². The Bertz CT molecular complexity index is 941. The Kier molecular flexibility index (Phi) is 6.96. The molecule has 1 aliphatic heterocycles. The third-order valence-electron chi connectivity index (χ3n) is 6.57. The first kappa shape index (κ1) is 24.3. The van der Waals surface area contributed by atoms with E-state index in [1.807, 2.05) is 18.9 Å². The second-order valence-electron chi connectivity index (χ2n) is 8.41.